The Kier molecular flexibility index (Phi) is 2.79. The Hall–Kier alpha value is -0.730. The molecule has 1 rings (SSSR count). The highest BCUT2D eigenvalue weighted by Crippen LogP contribution is 2.28. The Morgan fingerprint density at radius 1 is 1.36 bits per heavy atom. The molecule has 0 aromatic carbocycles. The summed E-state index contributed by atoms with van der Waals surface area (Å²) in [6.45, 7) is 1.03. The van der Waals surface area contributed by atoms with Gasteiger partial charge in [-0.2, -0.15) is 0 Å². The van der Waals surface area contributed by atoms with Gasteiger partial charge in [-0.25, -0.2) is 4.79 Å². The van der Waals surface area contributed by atoms with Crippen molar-refractivity contribution in [3.8, 4) is 0 Å². The molecule has 0 amide bonds. The molecule has 0 saturated carbocycles. The highest BCUT2D eigenvalue weighted by molar-refractivity contribution is 5.73. The van der Waals surface area contributed by atoms with E-state index in [0.717, 1.165) is 6.92 Å². The minimum atomic E-state index is -2.09. The molecule has 1 aliphatic heterocycles. The van der Waals surface area contributed by atoms with Gasteiger partial charge in [0.15, 0.2) is 12.4 Å². The van der Waals surface area contributed by atoms with Crippen LogP contribution in [-0.4, -0.2) is 61.7 Å². The molecule has 0 spiro atoms. The van der Waals surface area contributed by atoms with E-state index in [9.17, 15) is 20.1 Å². The number of hydrogen-bond acceptors (Lipinski definition) is 6. The number of carboxylic acid groups (broad SMARTS) is 1. The Balaban J connectivity index is 2.89. The van der Waals surface area contributed by atoms with Crippen LogP contribution in [0.25, 0.3) is 0 Å². The molecule has 0 aromatic heterocycles. The lowest BCUT2D eigenvalue weighted by atomic mass is 9.88. The van der Waals surface area contributed by atoms with Gasteiger partial charge in [-0.1, -0.05) is 0 Å². The minimum absolute atomic E-state index is 1.03. The summed E-state index contributed by atoms with van der Waals surface area (Å²) < 4.78 is 4.44. The van der Waals surface area contributed by atoms with Gasteiger partial charge in [-0.3, -0.25) is 0 Å². The van der Waals surface area contributed by atoms with Crippen molar-refractivity contribution >= 4 is 5.97 Å². The van der Waals surface area contributed by atoms with Crippen LogP contribution >= 0.6 is 0 Å². The van der Waals surface area contributed by atoms with Crippen molar-refractivity contribution in [2.45, 2.75) is 37.1 Å². The molecule has 5 N–H and O–H groups in total. The molecule has 1 fully saturated rings. The van der Waals surface area contributed by atoms with Gasteiger partial charge in [0.05, 0.1) is 0 Å². The molecule has 1 saturated heterocycles. The molecule has 5 atom stereocenters. The third-order valence-electron chi connectivity index (χ3n) is 2.25. The van der Waals surface area contributed by atoms with Crippen molar-refractivity contribution in [2.24, 2.45) is 0 Å². The van der Waals surface area contributed by atoms with Gasteiger partial charge in [0.2, 0.25) is 0 Å². The number of ether oxygens (including phenoxy) is 1. The van der Waals surface area contributed by atoms with Gasteiger partial charge >= 0.3 is 5.97 Å². The first-order chi connectivity index (χ1) is 6.28. The van der Waals surface area contributed by atoms with E-state index < -0.39 is 36.2 Å². The molecular weight excluding hydrogens is 196 g/mol. The summed E-state index contributed by atoms with van der Waals surface area (Å²) >= 11 is 0. The summed E-state index contributed by atoms with van der Waals surface area (Å²) in [5, 5.41) is 45.6. The molecule has 14 heavy (non-hydrogen) atoms. The zero-order valence-corrected chi connectivity index (χ0v) is 7.36. The second kappa shape index (κ2) is 3.44. The average molecular weight is 208 g/mol. The maximum absolute atomic E-state index is 10.5. The van der Waals surface area contributed by atoms with Crippen LogP contribution in [0.4, 0.5) is 0 Å². The molecule has 2 unspecified atom stereocenters. The van der Waals surface area contributed by atoms with Crippen LogP contribution in [0.15, 0.2) is 0 Å². The predicted molar refractivity (Wildman–Crippen MR) is 41.2 cm³/mol. The topological polar surface area (TPSA) is 127 Å². The zero-order valence-electron chi connectivity index (χ0n) is 7.36. The summed E-state index contributed by atoms with van der Waals surface area (Å²) in [5.74, 6) is -1.52. The van der Waals surface area contributed by atoms with Gasteiger partial charge in [-0.05, 0) is 6.92 Å². The second-order valence-electron chi connectivity index (χ2n) is 3.41. The highest BCUT2D eigenvalue weighted by Gasteiger charge is 2.53. The van der Waals surface area contributed by atoms with Crippen LogP contribution in [0.5, 0.6) is 0 Å². The zero-order chi connectivity index (χ0) is 11.1. The Morgan fingerprint density at radius 3 is 2.29 bits per heavy atom. The first-order valence-corrected chi connectivity index (χ1v) is 3.93. The third kappa shape index (κ3) is 1.60. The molecular formula is C7H12O7. The Labute approximate surface area is 79.2 Å². The standard InChI is InChI=1S/C7H12O7/c1-7(13)4(9)2(8)3(5(10)11)14-6(7)12/h2-4,6,8-9,12-13H,1H3,(H,10,11)/t2-,3?,4-,6-,7?/m0/s1. The van der Waals surface area contributed by atoms with E-state index in [4.69, 9.17) is 10.2 Å². The van der Waals surface area contributed by atoms with Crippen molar-refractivity contribution in [1.29, 1.82) is 0 Å². The molecule has 1 heterocycles. The van der Waals surface area contributed by atoms with Gasteiger partial charge < -0.3 is 30.3 Å². The fraction of sp³-hybridized carbons (Fsp3) is 0.857. The summed E-state index contributed by atoms with van der Waals surface area (Å²) in [5.41, 5.74) is -2.09. The van der Waals surface area contributed by atoms with E-state index in [2.05, 4.69) is 4.74 Å². The molecule has 1 aliphatic rings. The van der Waals surface area contributed by atoms with E-state index >= 15 is 0 Å². The molecule has 82 valence electrons. The van der Waals surface area contributed by atoms with E-state index in [1.54, 1.807) is 0 Å². The quantitative estimate of drug-likeness (QED) is 0.316. The minimum Gasteiger partial charge on any atom is -0.479 e. The van der Waals surface area contributed by atoms with Gasteiger partial charge in [0.1, 0.15) is 17.8 Å². The Bertz CT molecular complexity index is 238. The number of aliphatic hydroxyl groups is 4. The lowest BCUT2D eigenvalue weighted by Gasteiger charge is -2.42. The maximum atomic E-state index is 10.5. The van der Waals surface area contributed by atoms with E-state index in [0.29, 0.717) is 0 Å². The summed E-state index contributed by atoms with van der Waals surface area (Å²) in [6, 6.07) is 0. The Morgan fingerprint density at radius 2 is 1.86 bits per heavy atom. The van der Waals surface area contributed by atoms with Crippen LogP contribution in [0.3, 0.4) is 0 Å². The molecule has 0 aromatic rings. The van der Waals surface area contributed by atoms with Crippen LogP contribution in [0, 0.1) is 0 Å². The number of carbonyl (C=O) groups is 1. The lowest BCUT2D eigenvalue weighted by Crippen LogP contribution is -2.65. The van der Waals surface area contributed by atoms with Crippen LogP contribution in [0.2, 0.25) is 0 Å². The highest BCUT2D eigenvalue weighted by atomic mass is 16.6. The van der Waals surface area contributed by atoms with E-state index in [1.807, 2.05) is 0 Å². The van der Waals surface area contributed by atoms with Gasteiger partial charge in [-0.15, -0.1) is 0 Å². The van der Waals surface area contributed by atoms with Crippen LogP contribution in [-0.2, 0) is 9.53 Å². The summed E-state index contributed by atoms with van der Waals surface area (Å²) in [6.07, 6.45) is -7.18. The van der Waals surface area contributed by atoms with Crippen LogP contribution in [0.1, 0.15) is 6.92 Å². The smallest absolute Gasteiger partial charge is 0.335 e. The average Bonchev–Trinajstić information content (AvgIpc) is 2.08. The molecule has 7 nitrogen and oxygen atoms in total. The predicted octanol–water partition coefficient (Wildman–Crippen LogP) is -2.74. The largest absolute Gasteiger partial charge is 0.479 e. The maximum Gasteiger partial charge on any atom is 0.335 e. The van der Waals surface area contributed by atoms with Crippen LogP contribution < -0.4 is 0 Å². The van der Waals surface area contributed by atoms with Crippen molar-refractivity contribution < 1.29 is 35.1 Å². The molecule has 0 aliphatic carbocycles. The van der Waals surface area contributed by atoms with Gasteiger partial charge in [0, 0.05) is 0 Å². The SMILES string of the molecule is CC1(O)[C@@H](O)OC(C(=O)O)[C@H](O)[C@@H]1O. The number of aliphatic hydroxyl groups excluding tert-OH is 3. The van der Waals surface area contributed by atoms with Crippen molar-refractivity contribution in [1.82, 2.24) is 0 Å². The number of hydrogen-bond donors (Lipinski definition) is 5. The number of carboxylic acids is 1. The fourth-order valence-electron chi connectivity index (χ4n) is 1.22. The van der Waals surface area contributed by atoms with Crippen molar-refractivity contribution in [3.63, 3.8) is 0 Å². The first-order valence-electron chi connectivity index (χ1n) is 3.93. The first kappa shape index (κ1) is 11.3. The molecule has 0 bridgehead atoms. The van der Waals surface area contributed by atoms with E-state index in [1.165, 1.54) is 0 Å². The van der Waals surface area contributed by atoms with Crippen molar-refractivity contribution in [3.05, 3.63) is 0 Å². The fourth-order valence-corrected chi connectivity index (χ4v) is 1.22. The summed E-state index contributed by atoms with van der Waals surface area (Å²) in [7, 11) is 0. The molecule has 7 heteroatoms. The van der Waals surface area contributed by atoms with Crippen molar-refractivity contribution in [2.75, 3.05) is 0 Å². The molecule has 0 radical (unpaired) electrons. The lowest BCUT2D eigenvalue weighted by molar-refractivity contribution is -0.316. The third-order valence-corrected chi connectivity index (χ3v) is 2.25. The number of aliphatic carboxylic acids is 1. The van der Waals surface area contributed by atoms with Gasteiger partial charge in [0.25, 0.3) is 0 Å². The summed E-state index contributed by atoms with van der Waals surface area (Å²) in [4.78, 5) is 10.5. The second-order valence-corrected chi connectivity index (χ2v) is 3.41. The van der Waals surface area contributed by atoms with E-state index in [-0.39, 0.29) is 0 Å². The normalized spacial score (nSPS) is 48.9. The monoisotopic (exact) mass is 208 g/mol. The number of rotatable bonds is 1.